The van der Waals surface area contributed by atoms with E-state index in [-0.39, 0.29) is 17.0 Å². The second kappa shape index (κ2) is 9.72. The van der Waals surface area contributed by atoms with Gasteiger partial charge in [0.15, 0.2) is 0 Å². The van der Waals surface area contributed by atoms with E-state index in [9.17, 15) is 14.4 Å². The molecule has 0 aliphatic carbocycles. The van der Waals surface area contributed by atoms with Crippen LogP contribution in [-0.4, -0.2) is 46.1 Å². The summed E-state index contributed by atoms with van der Waals surface area (Å²) >= 11 is 0. The van der Waals surface area contributed by atoms with E-state index in [1.54, 1.807) is 46.4 Å². The number of carbonyl (C=O) groups excluding carboxylic acids is 1. The highest BCUT2D eigenvalue weighted by atomic mass is 16.4. The van der Waals surface area contributed by atoms with Crippen LogP contribution in [0, 0.1) is 0 Å². The highest BCUT2D eigenvalue weighted by Gasteiger charge is 2.19. The van der Waals surface area contributed by atoms with Crippen LogP contribution in [0.4, 0.5) is 0 Å². The zero-order valence-corrected chi connectivity index (χ0v) is 19.0. The van der Waals surface area contributed by atoms with Gasteiger partial charge in [-0.1, -0.05) is 42.5 Å². The van der Waals surface area contributed by atoms with E-state index in [4.69, 9.17) is 5.11 Å². The van der Waals surface area contributed by atoms with Crippen molar-refractivity contribution in [3.8, 4) is 0 Å². The zero-order chi connectivity index (χ0) is 24.2. The average Bonchev–Trinajstić information content (AvgIpc) is 2.83. The Morgan fingerprint density at radius 3 is 2.18 bits per heavy atom. The minimum atomic E-state index is -0.994. The topological polar surface area (TPSA) is 93.7 Å². The number of aromatic carboxylic acids is 1. The molecule has 7 nitrogen and oxygen atoms in total. The first-order valence-electron chi connectivity index (χ1n) is 10.8. The third-order valence-electron chi connectivity index (χ3n) is 5.66. The number of carboxylic acid groups (broad SMARTS) is 1. The largest absolute Gasteiger partial charge is 0.478 e. The van der Waals surface area contributed by atoms with Crippen molar-refractivity contribution in [2.45, 2.75) is 13.0 Å². The quantitative estimate of drug-likeness (QED) is 0.412. The lowest BCUT2D eigenvalue weighted by Crippen LogP contribution is -2.41. The number of aromatic amines is 1. The zero-order valence-electron chi connectivity index (χ0n) is 19.0. The minimum absolute atomic E-state index is 0.146. The van der Waals surface area contributed by atoms with Crippen LogP contribution in [-0.2, 0) is 13.0 Å². The van der Waals surface area contributed by atoms with Crippen molar-refractivity contribution >= 4 is 22.8 Å². The van der Waals surface area contributed by atoms with Gasteiger partial charge in [0.2, 0.25) is 0 Å². The maximum atomic E-state index is 13.3. The van der Waals surface area contributed by atoms with Crippen molar-refractivity contribution in [1.29, 1.82) is 0 Å². The van der Waals surface area contributed by atoms with Gasteiger partial charge in [-0.15, -0.1) is 0 Å². The monoisotopic (exact) mass is 455 g/mol. The molecule has 4 rings (SSSR count). The highest BCUT2D eigenvalue weighted by molar-refractivity contribution is 5.97. The second-order valence-corrected chi connectivity index (χ2v) is 8.30. The molecule has 3 aromatic carbocycles. The number of benzene rings is 3. The summed E-state index contributed by atoms with van der Waals surface area (Å²) < 4.78 is 0. The molecule has 0 radical (unpaired) electrons. The lowest BCUT2D eigenvalue weighted by Gasteiger charge is -2.29. The predicted molar refractivity (Wildman–Crippen MR) is 131 cm³/mol. The Bertz CT molecular complexity index is 1390. The van der Waals surface area contributed by atoms with Crippen molar-refractivity contribution in [2.75, 3.05) is 14.1 Å². The molecule has 0 bridgehead atoms. The smallest absolute Gasteiger partial charge is 0.335 e. The normalized spacial score (nSPS) is 11.0. The van der Waals surface area contributed by atoms with E-state index in [0.717, 1.165) is 16.5 Å². The number of carbonyl (C=O) groups is 2. The van der Waals surface area contributed by atoms with Crippen molar-refractivity contribution in [3.05, 3.63) is 117 Å². The molecule has 0 saturated heterocycles. The van der Waals surface area contributed by atoms with Gasteiger partial charge in [-0.05, 0) is 52.9 Å². The van der Waals surface area contributed by atoms with Crippen LogP contribution in [0.2, 0.25) is 0 Å². The summed E-state index contributed by atoms with van der Waals surface area (Å²) in [5.74, 6) is -1.14. The van der Waals surface area contributed by atoms with Gasteiger partial charge in [0, 0.05) is 37.2 Å². The van der Waals surface area contributed by atoms with Gasteiger partial charge >= 0.3 is 5.97 Å². The molecule has 4 aromatic rings. The van der Waals surface area contributed by atoms with Crippen LogP contribution < -0.4 is 5.56 Å². The maximum Gasteiger partial charge on any atom is 0.335 e. The molecule has 1 amide bonds. The van der Waals surface area contributed by atoms with Crippen molar-refractivity contribution in [3.63, 3.8) is 0 Å². The third-order valence-corrected chi connectivity index (χ3v) is 5.66. The van der Waals surface area contributed by atoms with Crippen molar-refractivity contribution in [2.24, 2.45) is 0 Å². The summed E-state index contributed by atoms with van der Waals surface area (Å²) in [4.78, 5) is 39.9. The minimum Gasteiger partial charge on any atom is -0.478 e. The molecule has 0 aliphatic heterocycles. The molecular formula is C27H25N3O4. The lowest BCUT2D eigenvalue weighted by molar-refractivity contribution is 0.0155. The number of pyridine rings is 1. The number of hydrogen-bond acceptors (Lipinski definition) is 4. The number of hydrogen-bond donors (Lipinski definition) is 2. The summed E-state index contributed by atoms with van der Waals surface area (Å²) in [6.07, 6.45) is 0.348. The first-order valence-corrected chi connectivity index (χ1v) is 10.8. The SMILES string of the molecule is CN(C)N(Cc1ccccc1)C(=O)c1ccc2[nH]c(=O)c(Cc3ccc(C(=O)O)cc3)cc2c1. The Kier molecular flexibility index (Phi) is 6.56. The van der Waals surface area contributed by atoms with Crippen LogP contribution >= 0.6 is 0 Å². The first kappa shape index (κ1) is 22.9. The van der Waals surface area contributed by atoms with Crippen LogP contribution in [0.15, 0.2) is 83.7 Å². The molecule has 0 atom stereocenters. The molecule has 2 N–H and O–H groups in total. The molecular weight excluding hydrogens is 430 g/mol. The number of hydrazine groups is 1. The lowest BCUT2D eigenvalue weighted by atomic mass is 10.0. The Labute approximate surface area is 196 Å². The Balaban J connectivity index is 1.63. The number of nitrogens with zero attached hydrogens (tertiary/aromatic N) is 2. The number of carboxylic acids is 1. The van der Waals surface area contributed by atoms with Crippen molar-refractivity contribution < 1.29 is 14.7 Å². The Morgan fingerprint density at radius 2 is 1.53 bits per heavy atom. The summed E-state index contributed by atoms with van der Waals surface area (Å²) in [5.41, 5.74) is 3.52. The van der Waals surface area contributed by atoms with Gasteiger partial charge in [-0.25, -0.2) is 9.80 Å². The fourth-order valence-corrected chi connectivity index (χ4v) is 3.80. The summed E-state index contributed by atoms with van der Waals surface area (Å²) in [6.45, 7) is 0.438. The molecule has 34 heavy (non-hydrogen) atoms. The number of nitrogens with one attached hydrogen (secondary N) is 1. The maximum absolute atomic E-state index is 13.3. The van der Waals surface area contributed by atoms with Gasteiger partial charge in [0.05, 0.1) is 12.1 Å². The fraction of sp³-hybridized carbons (Fsp3) is 0.148. The van der Waals surface area contributed by atoms with E-state index in [0.29, 0.717) is 29.6 Å². The standard InChI is InChI=1S/C27H25N3O4/c1-29(2)30(17-19-6-4-3-5-7-19)26(32)21-12-13-24-22(15-21)16-23(25(31)28-24)14-18-8-10-20(11-9-18)27(33)34/h3-13,15-16H,14,17H2,1-2H3,(H,28,31)(H,33,34). The van der Waals surface area contributed by atoms with Gasteiger partial charge in [-0.2, -0.15) is 0 Å². The molecule has 172 valence electrons. The molecule has 7 heteroatoms. The third kappa shape index (κ3) is 5.05. The molecule has 0 unspecified atom stereocenters. The first-order chi connectivity index (χ1) is 16.3. The number of fused-ring (bicyclic) bond motifs is 1. The van der Waals surface area contributed by atoms with E-state index < -0.39 is 5.97 Å². The Morgan fingerprint density at radius 1 is 0.853 bits per heavy atom. The van der Waals surface area contributed by atoms with Gasteiger partial charge < -0.3 is 10.1 Å². The van der Waals surface area contributed by atoms with Crippen LogP contribution in [0.3, 0.4) is 0 Å². The predicted octanol–water partition coefficient (Wildman–Crippen LogP) is 3.94. The summed E-state index contributed by atoms with van der Waals surface area (Å²) in [7, 11) is 3.65. The van der Waals surface area contributed by atoms with E-state index in [1.807, 2.05) is 44.4 Å². The molecule has 0 aliphatic rings. The Hall–Kier alpha value is -4.23. The highest BCUT2D eigenvalue weighted by Crippen LogP contribution is 2.19. The van der Waals surface area contributed by atoms with Gasteiger partial charge in [-0.3, -0.25) is 14.6 Å². The van der Waals surface area contributed by atoms with Gasteiger partial charge in [0.25, 0.3) is 11.5 Å². The fourth-order valence-electron chi connectivity index (χ4n) is 3.80. The molecule has 0 saturated carbocycles. The second-order valence-electron chi connectivity index (χ2n) is 8.30. The van der Waals surface area contributed by atoms with Crippen LogP contribution in [0.25, 0.3) is 10.9 Å². The number of aromatic nitrogens is 1. The van der Waals surface area contributed by atoms with E-state index >= 15 is 0 Å². The van der Waals surface area contributed by atoms with Crippen molar-refractivity contribution in [1.82, 2.24) is 15.0 Å². The molecule has 0 fully saturated rings. The summed E-state index contributed by atoms with van der Waals surface area (Å²) in [6, 6.07) is 23.2. The number of H-pyrrole nitrogens is 1. The van der Waals surface area contributed by atoms with Crippen LogP contribution in [0.5, 0.6) is 0 Å². The van der Waals surface area contributed by atoms with E-state index in [2.05, 4.69) is 4.98 Å². The number of rotatable bonds is 7. The molecule has 0 spiro atoms. The molecule has 1 aromatic heterocycles. The number of amides is 1. The van der Waals surface area contributed by atoms with Gasteiger partial charge in [0.1, 0.15) is 0 Å². The summed E-state index contributed by atoms with van der Waals surface area (Å²) in [5, 5.41) is 13.2. The van der Waals surface area contributed by atoms with E-state index in [1.165, 1.54) is 12.1 Å². The van der Waals surface area contributed by atoms with Crippen LogP contribution in [0.1, 0.15) is 37.4 Å². The average molecular weight is 456 g/mol. The molecule has 1 heterocycles.